The number of benzene rings is 3. The lowest BCUT2D eigenvalue weighted by molar-refractivity contribution is 0.680. The number of rotatable bonds is 4. The van der Waals surface area contributed by atoms with Crippen molar-refractivity contribution >= 4 is 32.3 Å². The van der Waals surface area contributed by atoms with Gasteiger partial charge >= 0.3 is 0 Å². The van der Waals surface area contributed by atoms with Crippen molar-refractivity contribution < 1.29 is 4.21 Å². The molecule has 0 unspecified atom stereocenters. The van der Waals surface area contributed by atoms with Gasteiger partial charge in [-0.1, -0.05) is 61.9 Å². The third-order valence-corrected chi connectivity index (χ3v) is 5.19. The van der Waals surface area contributed by atoms with E-state index in [0.717, 1.165) is 34.3 Å². The molecule has 0 aliphatic rings. The van der Waals surface area contributed by atoms with Crippen molar-refractivity contribution in [2.75, 3.05) is 5.75 Å². The van der Waals surface area contributed by atoms with Crippen LogP contribution in [0.4, 0.5) is 0 Å². The van der Waals surface area contributed by atoms with Gasteiger partial charge in [0, 0.05) is 5.75 Å². The van der Waals surface area contributed by atoms with E-state index in [-0.39, 0.29) is 0 Å². The summed E-state index contributed by atoms with van der Waals surface area (Å²) in [5, 5.41) is 4.60. The lowest BCUT2D eigenvalue weighted by Gasteiger charge is -2.11. The lowest BCUT2D eigenvalue weighted by atomic mass is 10.0. The Balaban J connectivity index is 2.30. The minimum absolute atomic E-state index is 0.745. The van der Waals surface area contributed by atoms with Crippen molar-refractivity contribution in [3.63, 3.8) is 0 Å². The van der Waals surface area contributed by atoms with Crippen LogP contribution in [-0.2, 0) is 10.8 Å². The highest BCUT2D eigenvalue weighted by Crippen LogP contribution is 2.31. The molecule has 0 aliphatic carbocycles. The van der Waals surface area contributed by atoms with Crippen LogP contribution in [0.25, 0.3) is 21.5 Å². The van der Waals surface area contributed by atoms with E-state index in [4.69, 9.17) is 0 Å². The predicted molar refractivity (Wildman–Crippen MR) is 87.6 cm³/mol. The molecule has 3 rings (SSSR count). The van der Waals surface area contributed by atoms with Crippen molar-refractivity contribution in [1.82, 2.24) is 0 Å². The Hall–Kier alpha value is -1.67. The quantitative estimate of drug-likeness (QED) is 0.622. The third-order valence-electron chi connectivity index (χ3n) is 3.63. The number of hydrogen-bond donors (Lipinski definition) is 0. The van der Waals surface area contributed by atoms with Gasteiger partial charge in [0.2, 0.25) is 0 Å². The molecular formula is C18H18OS. The van der Waals surface area contributed by atoms with E-state index in [1.54, 1.807) is 0 Å². The van der Waals surface area contributed by atoms with Crippen LogP contribution in [0.15, 0.2) is 59.5 Å². The summed E-state index contributed by atoms with van der Waals surface area (Å²) in [4.78, 5) is 1.01. The summed E-state index contributed by atoms with van der Waals surface area (Å²) >= 11 is 0. The fourth-order valence-corrected chi connectivity index (χ4v) is 4.21. The molecule has 2 heteroatoms. The van der Waals surface area contributed by atoms with E-state index in [9.17, 15) is 4.21 Å². The predicted octanol–water partition coefficient (Wildman–Crippen LogP) is 4.90. The molecule has 20 heavy (non-hydrogen) atoms. The van der Waals surface area contributed by atoms with Gasteiger partial charge in [-0.25, -0.2) is 0 Å². The van der Waals surface area contributed by atoms with E-state index in [0.29, 0.717) is 0 Å². The summed E-state index contributed by atoms with van der Waals surface area (Å²) in [6.07, 6.45) is 2.08. The Morgan fingerprint density at radius 3 is 2.00 bits per heavy atom. The van der Waals surface area contributed by atoms with Crippen LogP contribution in [0.5, 0.6) is 0 Å². The van der Waals surface area contributed by atoms with Crippen LogP contribution in [0, 0.1) is 0 Å². The van der Waals surface area contributed by atoms with Crippen LogP contribution in [0.3, 0.4) is 0 Å². The van der Waals surface area contributed by atoms with Crippen LogP contribution < -0.4 is 0 Å². The molecule has 0 bridgehead atoms. The maximum absolute atomic E-state index is 12.7. The van der Waals surface area contributed by atoms with E-state index in [1.807, 2.05) is 24.3 Å². The number of hydrogen-bond acceptors (Lipinski definition) is 1. The van der Waals surface area contributed by atoms with Gasteiger partial charge in [0.25, 0.3) is 0 Å². The summed E-state index contributed by atoms with van der Waals surface area (Å²) in [5.74, 6) is 0.745. The molecular weight excluding hydrogens is 264 g/mol. The van der Waals surface area contributed by atoms with Gasteiger partial charge < -0.3 is 0 Å². The van der Waals surface area contributed by atoms with Gasteiger partial charge in [-0.3, -0.25) is 4.21 Å². The van der Waals surface area contributed by atoms with E-state index >= 15 is 0 Å². The lowest BCUT2D eigenvalue weighted by Crippen LogP contribution is -2.00. The number of unbranched alkanes of at least 4 members (excludes halogenated alkanes) is 1. The third kappa shape index (κ3) is 2.36. The molecule has 0 amide bonds. The van der Waals surface area contributed by atoms with Crippen molar-refractivity contribution in [2.24, 2.45) is 0 Å². The summed E-state index contributed by atoms with van der Waals surface area (Å²) in [6.45, 7) is 2.14. The first kappa shape index (κ1) is 13.3. The molecule has 0 radical (unpaired) electrons. The van der Waals surface area contributed by atoms with Crippen molar-refractivity contribution in [1.29, 1.82) is 0 Å². The fraction of sp³-hybridized carbons (Fsp3) is 0.222. The summed E-state index contributed by atoms with van der Waals surface area (Å²) < 4.78 is 12.7. The van der Waals surface area contributed by atoms with Crippen molar-refractivity contribution in [3.8, 4) is 0 Å². The van der Waals surface area contributed by atoms with E-state index in [2.05, 4.69) is 37.3 Å². The molecule has 0 spiro atoms. The normalized spacial score (nSPS) is 12.8. The Labute approximate surface area is 122 Å². The van der Waals surface area contributed by atoms with Crippen LogP contribution in [0.2, 0.25) is 0 Å². The molecule has 0 saturated heterocycles. The maximum Gasteiger partial charge on any atom is 0.0544 e. The molecule has 3 aromatic rings. The molecule has 0 N–H and O–H groups in total. The highest BCUT2D eigenvalue weighted by Gasteiger charge is 2.12. The zero-order chi connectivity index (χ0) is 13.9. The smallest absolute Gasteiger partial charge is 0.0544 e. The highest BCUT2D eigenvalue weighted by molar-refractivity contribution is 7.85. The zero-order valence-corrected chi connectivity index (χ0v) is 12.5. The van der Waals surface area contributed by atoms with Gasteiger partial charge in [0.1, 0.15) is 0 Å². The molecule has 0 aliphatic heterocycles. The average Bonchev–Trinajstić information content (AvgIpc) is 2.50. The van der Waals surface area contributed by atoms with Crippen molar-refractivity contribution in [2.45, 2.75) is 24.7 Å². The SMILES string of the molecule is CCCC[S@@](=O)c1c2ccccc2cc2ccccc12. The minimum atomic E-state index is -0.932. The number of fused-ring (bicyclic) bond motifs is 2. The van der Waals surface area contributed by atoms with Gasteiger partial charge in [-0.05, 0) is 34.0 Å². The van der Waals surface area contributed by atoms with Crippen LogP contribution in [-0.4, -0.2) is 9.96 Å². The van der Waals surface area contributed by atoms with E-state index in [1.165, 1.54) is 10.8 Å². The second-order valence-corrected chi connectivity index (χ2v) is 6.56. The largest absolute Gasteiger partial charge is 0.254 e. The Bertz CT molecular complexity index is 723. The van der Waals surface area contributed by atoms with Crippen LogP contribution >= 0.6 is 0 Å². The molecule has 1 nitrogen and oxygen atoms in total. The summed E-state index contributed by atoms with van der Waals surface area (Å²) in [7, 11) is -0.932. The average molecular weight is 282 g/mol. The monoisotopic (exact) mass is 282 g/mol. The second-order valence-electron chi connectivity index (χ2n) is 5.05. The minimum Gasteiger partial charge on any atom is -0.254 e. The molecule has 102 valence electrons. The van der Waals surface area contributed by atoms with Gasteiger partial charge in [-0.15, -0.1) is 0 Å². The van der Waals surface area contributed by atoms with Gasteiger partial charge in [0.15, 0.2) is 0 Å². The first-order valence-corrected chi connectivity index (χ1v) is 8.42. The Morgan fingerprint density at radius 2 is 1.45 bits per heavy atom. The first-order chi connectivity index (χ1) is 9.81. The van der Waals surface area contributed by atoms with Gasteiger partial charge in [0.05, 0.1) is 15.7 Å². The van der Waals surface area contributed by atoms with Crippen LogP contribution in [0.1, 0.15) is 19.8 Å². The van der Waals surface area contributed by atoms with Crippen molar-refractivity contribution in [3.05, 3.63) is 54.6 Å². The molecule has 1 atom stereocenters. The maximum atomic E-state index is 12.7. The Morgan fingerprint density at radius 1 is 0.900 bits per heavy atom. The Kier molecular flexibility index (Phi) is 3.83. The second kappa shape index (κ2) is 5.76. The zero-order valence-electron chi connectivity index (χ0n) is 11.6. The standard InChI is InChI=1S/C18H18OS/c1-2-3-12-20(19)18-16-10-6-4-8-14(16)13-15-9-5-7-11-17(15)18/h4-11,13H,2-3,12H2,1H3/t20-/m1/s1. The summed E-state index contributed by atoms with van der Waals surface area (Å²) in [6, 6.07) is 18.7. The molecule has 0 heterocycles. The molecule has 0 aromatic heterocycles. The fourth-order valence-electron chi connectivity index (χ4n) is 2.59. The topological polar surface area (TPSA) is 17.1 Å². The molecule has 0 fully saturated rings. The first-order valence-electron chi connectivity index (χ1n) is 7.10. The van der Waals surface area contributed by atoms with E-state index < -0.39 is 10.8 Å². The van der Waals surface area contributed by atoms with Gasteiger partial charge in [-0.2, -0.15) is 0 Å². The highest BCUT2D eigenvalue weighted by atomic mass is 32.2. The summed E-state index contributed by atoms with van der Waals surface area (Å²) in [5.41, 5.74) is 0. The molecule has 0 saturated carbocycles. The molecule has 3 aromatic carbocycles.